The molecule has 0 aliphatic carbocycles. The van der Waals surface area contributed by atoms with E-state index in [1.165, 1.54) is 43.7 Å². The summed E-state index contributed by atoms with van der Waals surface area (Å²) in [6, 6.07) is 6.52. The van der Waals surface area contributed by atoms with Crippen LogP contribution in [0.25, 0.3) is 0 Å². The van der Waals surface area contributed by atoms with Gasteiger partial charge in [-0.05, 0) is 62.4 Å². The summed E-state index contributed by atoms with van der Waals surface area (Å²) in [4.78, 5) is 41.3. The van der Waals surface area contributed by atoms with Crippen LogP contribution < -0.4 is 15.4 Å². The van der Waals surface area contributed by atoms with Crippen LogP contribution in [0.3, 0.4) is 0 Å². The highest BCUT2D eigenvalue weighted by Gasteiger charge is 2.39. The van der Waals surface area contributed by atoms with Crippen LogP contribution in [0.15, 0.2) is 24.3 Å². The highest BCUT2D eigenvalue weighted by molar-refractivity contribution is 6.05. The number of nitrogens with zero attached hydrogens (tertiary/aromatic N) is 2. The van der Waals surface area contributed by atoms with Gasteiger partial charge in [0, 0.05) is 12.6 Å². The normalized spacial score (nSPS) is 26.4. The molecule has 8 nitrogen and oxygen atoms in total. The number of amides is 4. The zero-order chi connectivity index (χ0) is 21.8. The molecule has 4 amide bonds. The number of fused-ring (bicyclic) bond motifs is 1. The number of benzene rings is 1. The van der Waals surface area contributed by atoms with Gasteiger partial charge in [-0.15, -0.1) is 0 Å². The molecular weight excluding hydrogens is 396 g/mol. The summed E-state index contributed by atoms with van der Waals surface area (Å²) in [7, 11) is 1.58. The van der Waals surface area contributed by atoms with E-state index >= 15 is 0 Å². The molecule has 0 radical (unpaired) electrons. The number of nitrogens with one attached hydrogen (secondary N) is 2. The molecular formula is C23H32N4O4. The number of imide groups is 1. The molecule has 0 bridgehead atoms. The van der Waals surface area contributed by atoms with E-state index in [1.54, 1.807) is 19.2 Å². The topological polar surface area (TPSA) is 91.0 Å². The van der Waals surface area contributed by atoms with Gasteiger partial charge in [0.25, 0.3) is 5.91 Å². The molecule has 2 N–H and O–H groups in total. The molecule has 0 saturated carbocycles. The second-order valence-corrected chi connectivity index (χ2v) is 8.78. The van der Waals surface area contributed by atoms with E-state index in [4.69, 9.17) is 4.74 Å². The highest BCUT2D eigenvalue weighted by atomic mass is 16.5. The molecule has 4 rings (SSSR count). The number of methoxy groups -OCH3 is 1. The van der Waals surface area contributed by atoms with Gasteiger partial charge in [-0.25, -0.2) is 4.79 Å². The maximum atomic E-state index is 12.7. The summed E-state index contributed by atoms with van der Waals surface area (Å²) in [6.45, 7) is 3.15. The zero-order valence-corrected chi connectivity index (χ0v) is 18.1. The molecule has 3 aliphatic rings. The molecule has 3 atom stereocenters. The molecule has 1 aromatic carbocycles. The monoisotopic (exact) mass is 428 g/mol. The van der Waals surface area contributed by atoms with Crippen molar-refractivity contribution < 1.29 is 19.1 Å². The van der Waals surface area contributed by atoms with Crippen LogP contribution >= 0.6 is 0 Å². The van der Waals surface area contributed by atoms with E-state index in [0.29, 0.717) is 24.3 Å². The quantitative estimate of drug-likeness (QED) is 0.647. The molecule has 3 heterocycles. The van der Waals surface area contributed by atoms with Gasteiger partial charge >= 0.3 is 6.03 Å². The number of piperidine rings is 2. The Morgan fingerprint density at radius 3 is 2.68 bits per heavy atom. The van der Waals surface area contributed by atoms with E-state index in [1.807, 2.05) is 12.1 Å². The number of carbonyl (C=O) groups excluding carboxylic acids is 3. The average Bonchev–Trinajstić information content (AvgIpc) is 3.05. The third kappa shape index (κ3) is 5.01. The minimum atomic E-state index is -0.803. The number of ether oxygens (including phenoxy) is 1. The number of urea groups is 1. The standard InChI is InChI=1S/C23H32N4O4/c1-31-18-9-7-16(8-10-18)15-27-22(29)19(25-23(27)30)13-21(28)24-14-17-5-4-12-26-11-3-2-6-20(17)26/h7-10,17,19-20H,2-6,11-15H2,1H3,(H,24,28)(H,25,30)/t17-,19+,20+/m1/s1. The maximum Gasteiger partial charge on any atom is 0.325 e. The Bertz CT molecular complexity index is 810. The first kappa shape index (κ1) is 21.6. The van der Waals surface area contributed by atoms with E-state index in [0.717, 1.165) is 12.0 Å². The fraction of sp³-hybridized carbons (Fsp3) is 0.609. The second kappa shape index (κ2) is 9.68. The van der Waals surface area contributed by atoms with E-state index in [9.17, 15) is 14.4 Å². The highest BCUT2D eigenvalue weighted by Crippen LogP contribution is 2.30. The van der Waals surface area contributed by atoms with Crippen LogP contribution in [0, 0.1) is 5.92 Å². The molecule has 168 valence electrons. The Hall–Kier alpha value is -2.61. The smallest absolute Gasteiger partial charge is 0.325 e. The van der Waals surface area contributed by atoms with E-state index in [-0.39, 0.29) is 24.8 Å². The molecule has 3 fully saturated rings. The van der Waals surface area contributed by atoms with Crippen molar-refractivity contribution in [2.24, 2.45) is 5.92 Å². The Morgan fingerprint density at radius 1 is 1.13 bits per heavy atom. The number of hydrogen-bond acceptors (Lipinski definition) is 5. The van der Waals surface area contributed by atoms with Crippen molar-refractivity contribution in [3.8, 4) is 5.75 Å². The van der Waals surface area contributed by atoms with E-state index in [2.05, 4.69) is 15.5 Å². The molecule has 0 spiro atoms. The minimum absolute atomic E-state index is 0.0230. The van der Waals surface area contributed by atoms with Crippen LogP contribution in [0.4, 0.5) is 4.79 Å². The van der Waals surface area contributed by atoms with Gasteiger partial charge in [-0.2, -0.15) is 0 Å². The van der Waals surface area contributed by atoms with Crippen LogP contribution in [0.2, 0.25) is 0 Å². The molecule has 0 aromatic heterocycles. The summed E-state index contributed by atoms with van der Waals surface area (Å²) in [6.07, 6.45) is 6.03. The van der Waals surface area contributed by atoms with Gasteiger partial charge in [0.2, 0.25) is 5.91 Å². The Labute approximate surface area is 183 Å². The lowest BCUT2D eigenvalue weighted by molar-refractivity contribution is -0.131. The molecule has 31 heavy (non-hydrogen) atoms. The van der Waals surface area contributed by atoms with Gasteiger partial charge in [0.05, 0.1) is 20.1 Å². The van der Waals surface area contributed by atoms with Crippen LogP contribution in [-0.4, -0.2) is 66.5 Å². The largest absolute Gasteiger partial charge is 0.497 e. The van der Waals surface area contributed by atoms with Crippen LogP contribution in [0.5, 0.6) is 5.75 Å². The second-order valence-electron chi connectivity index (χ2n) is 8.78. The fourth-order valence-corrected chi connectivity index (χ4v) is 5.10. The number of rotatable bonds is 7. The van der Waals surface area contributed by atoms with Crippen LogP contribution in [-0.2, 0) is 16.1 Å². The average molecular weight is 429 g/mol. The van der Waals surface area contributed by atoms with Crippen molar-refractivity contribution in [2.75, 3.05) is 26.7 Å². The van der Waals surface area contributed by atoms with Crippen molar-refractivity contribution in [3.63, 3.8) is 0 Å². The SMILES string of the molecule is COc1ccc(CN2C(=O)N[C@@H](CC(=O)NC[C@H]3CCCN4CCCC[C@@H]34)C2=O)cc1. The minimum Gasteiger partial charge on any atom is -0.497 e. The Balaban J connectivity index is 1.27. The van der Waals surface area contributed by atoms with Gasteiger partial charge in [0.1, 0.15) is 11.8 Å². The van der Waals surface area contributed by atoms with Crippen molar-refractivity contribution in [1.29, 1.82) is 0 Å². The Kier molecular flexibility index (Phi) is 6.75. The van der Waals surface area contributed by atoms with Crippen molar-refractivity contribution >= 4 is 17.8 Å². The van der Waals surface area contributed by atoms with E-state index < -0.39 is 12.1 Å². The predicted molar refractivity (Wildman–Crippen MR) is 115 cm³/mol. The van der Waals surface area contributed by atoms with Crippen molar-refractivity contribution in [2.45, 2.75) is 57.2 Å². The molecule has 8 heteroatoms. The van der Waals surface area contributed by atoms with Gasteiger partial charge < -0.3 is 20.3 Å². The van der Waals surface area contributed by atoms with Crippen molar-refractivity contribution in [1.82, 2.24) is 20.4 Å². The Morgan fingerprint density at radius 2 is 1.90 bits per heavy atom. The lowest BCUT2D eigenvalue weighted by Gasteiger charge is -2.44. The summed E-state index contributed by atoms with van der Waals surface area (Å²) in [5.74, 6) is 0.647. The third-order valence-electron chi connectivity index (χ3n) is 6.79. The first-order valence-corrected chi connectivity index (χ1v) is 11.3. The van der Waals surface area contributed by atoms with Gasteiger partial charge in [-0.1, -0.05) is 18.6 Å². The zero-order valence-electron chi connectivity index (χ0n) is 18.1. The molecule has 3 saturated heterocycles. The first-order chi connectivity index (χ1) is 15.0. The molecule has 0 unspecified atom stereocenters. The summed E-state index contributed by atoms with van der Waals surface area (Å²) >= 11 is 0. The van der Waals surface area contributed by atoms with Gasteiger partial charge in [0.15, 0.2) is 0 Å². The lowest BCUT2D eigenvalue weighted by Crippen LogP contribution is -2.51. The summed E-state index contributed by atoms with van der Waals surface area (Å²) < 4.78 is 5.13. The first-order valence-electron chi connectivity index (χ1n) is 11.3. The number of carbonyl (C=O) groups is 3. The van der Waals surface area contributed by atoms with Crippen molar-refractivity contribution in [3.05, 3.63) is 29.8 Å². The van der Waals surface area contributed by atoms with Crippen LogP contribution in [0.1, 0.15) is 44.1 Å². The molecule has 3 aliphatic heterocycles. The summed E-state index contributed by atoms with van der Waals surface area (Å²) in [5, 5.41) is 5.68. The maximum absolute atomic E-state index is 12.7. The summed E-state index contributed by atoms with van der Waals surface area (Å²) in [5.41, 5.74) is 0.823. The van der Waals surface area contributed by atoms with Gasteiger partial charge in [-0.3, -0.25) is 14.5 Å². The fourth-order valence-electron chi connectivity index (χ4n) is 5.10. The lowest BCUT2D eigenvalue weighted by atomic mass is 9.83. The molecule has 1 aromatic rings. The third-order valence-corrected chi connectivity index (χ3v) is 6.79. The number of hydrogen-bond donors (Lipinski definition) is 2. The predicted octanol–water partition coefficient (Wildman–Crippen LogP) is 1.89.